The van der Waals surface area contributed by atoms with Gasteiger partial charge in [0.05, 0.1) is 0 Å². The molecule has 92 valence electrons. The highest BCUT2D eigenvalue weighted by molar-refractivity contribution is 6.91. The lowest BCUT2D eigenvalue weighted by atomic mass is 10.2. The highest BCUT2D eigenvalue weighted by Crippen LogP contribution is 2.36. The van der Waals surface area contributed by atoms with Crippen LogP contribution in [0.2, 0.25) is 18.1 Å². The highest BCUT2D eigenvalue weighted by atomic mass is 28.3. The fraction of sp³-hybridized carbons (Fsp3) is 0.467. The van der Waals surface area contributed by atoms with Gasteiger partial charge >= 0.3 is 0 Å². The molecule has 0 fully saturated rings. The summed E-state index contributed by atoms with van der Waals surface area (Å²) >= 11 is 0. The molecule has 0 spiro atoms. The molecule has 0 aliphatic carbocycles. The molecule has 1 heterocycles. The summed E-state index contributed by atoms with van der Waals surface area (Å²) in [5.41, 5.74) is 1.35. The number of benzene rings is 1. The van der Waals surface area contributed by atoms with Gasteiger partial charge in [-0.3, -0.25) is 0 Å². The van der Waals surface area contributed by atoms with Crippen molar-refractivity contribution in [2.24, 2.45) is 7.05 Å². The Labute approximate surface area is 105 Å². The molecule has 0 unspecified atom stereocenters. The minimum absolute atomic E-state index is 0.384. The van der Waals surface area contributed by atoms with Crippen molar-refractivity contribution in [2.75, 3.05) is 0 Å². The summed E-state index contributed by atoms with van der Waals surface area (Å²) in [6.07, 6.45) is 0. The van der Waals surface area contributed by atoms with Gasteiger partial charge in [-0.15, -0.1) is 0 Å². The Morgan fingerprint density at radius 3 is 2.18 bits per heavy atom. The summed E-state index contributed by atoms with van der Waals surface area (Å²) in [6, 6.07) is 11.1. The largest absolute Gasteiger partial charge is 0.352 e. The molecule has 2 aromatic rings. The quantitative estimate of drug-likeness (QED) is 0.672. The van der Waals surface area contributed by atoms with E-state index < -0.39 is 8.07 Å². The topological polar surface area (TPSA) is 4.93 Å². The van der Waals surface area contributed by atoms with Crippen LogP contribution in [0.3, 0.4) is 0 Å². The SMILES string of the molecule is Cn1c([Si](C)(C)C(C)(C)C)cc2ccccc21. The Balaban J connectivity index is 2.68. The minimum Gasteiger partial charge on any atom is -0.352 e. The maximum atomic E-state index is 2.47. The normalized spacial score (nSPS) is 13.3. The molecule has 0 aliphatic rings. The van der Waals surface area contributed by atoms with E-state index in [-0.39, 0.29) is 0 Å². The van der Waals surface area contributed by atoms with Gasteiger partial charge in [0.2, 0.25) is 0 Å². The minimum atomic E-state index is -1.45. The monoisotopic (exact) mass is 245 g/mol. The standard InChI is InChI=1S/C15H23NSi/c1-15(2,3)17(5,6)14-11-12-9-7-8-10-13(12)16(14)4/h7-11H,1-6H3. The fourth-order valence-electron chi connectivity index (χ4n) is 2.27. The van der Waals surface area contributed by atoms with Crippen LogP contribution in [0.4, 0.5) is 0 Å². The second-order valence-electron chi connectivity index (χ2n) is 6.52. The van der Waals surface area contributed by atoms with Crippen molar-refractivity contribution in [2.45, 2.75) is 38.9 Å². The lowest BCUT2D eigenvalue weighted by Gasteiger charge is -2.37. The van der Waals surface area contributed by atoms with Gasteiger partial charge in [-0.1, -0.05) is 52.1 Å². The molecule has 0 amide bonds. The summed E-state index contributed by atoms with van der Waals surface area (Å²) in [7, 11) is 0.761. The predicted molar refractivity (Wildman–Crippen MR) is 79.8 cm³/mol. The van der Waals surface area contributed by atoms with Crippen molar-refractivity contribution < 1.29 is 0 Å². The van der Waals surface area contributed by atoms with Gasteiger partial charge in [0.15, 0.2) is 0 Å². The third kappa shape index (κ3) is 1.84. The Hall–Kier alpha value is -1.02. The van der Waals surface area contributed by atoms with Gasteiger partial charge in [-0.25, -0.2) is 0 Å². The molecule has 0 radical (unpaired) electrons. The lowest BCUT2D eigenvalue weighted by Crippen LogP contribution is -2.52. The maximum Gasteiger partial charge on any atom is 0.107 e. The van der Waals surface area contributed by atoms with E-state index >= 15 is 0 Å². The van der Waals surface area contributed by atoms with E-state index in [0.29, 0.717) is 5.04 Å². The zero-order valence-corrected chi connectivity index (χ0v) is 12.8. The molecule has 0 bridgehead atoms. The Morgan fingerprint density at radius 1 is 1.06 bits per heavy atom. The third-order valence-corrected chi connectivity index (χ3v) is 9.98. The van der Waals surface area contributed by atoms with Crippen LogP contribution in [0.5, 0.6) is 0 Å². The second-order valence-corrected chi connectivity index (χ2v) is 11.8. The maximum absolute atomic E-state index is 2.47. The van der Waals surface area contributed by atoms with Crippen LogP contribution in [0.1, 0.15) is 20.8 Å². The van der Waals surface area contributed by atoms with Crippen molar-refractivity contribution in [1.29, 1.82) is 0 Å². The molecule has 0 aliphatic heterocycles. The number of fused-ring (bicyclic) bond motifs is 1. The number of hydrogen-bond donors (Lipinski definition) is 0. The molecule has 2 heteroatoms. The van der Waals surface area contributed by atoms with Crippen LogP contribution in [-0.2, 0) is 7.05 Å². The second kappa shape index (κ2) is 3.74. The van der Waals surface area contributed by atoms with Crippen molar-refractivity contribution in [1.82, 2.24) is 4.57 Å². The smallest absolute Gasteiger partial charge is 0.107 e. The zero-order valence-electron chi connectivity index (χ0n) is 11.8. The molecule has 1 aromatic heterocycles. The number of rotatable bonds is 1. The molecule has 2 rings (SSSR count). The van der Waals surface area contributed by atoms with Gasteiger partial charge in [-0.2, -0.15) is 0 Å². The van der Waals surface area contributed by atoms with Crippen molar-refractivity contribution >= 4 is 24.3 Å². The Morgan fingerprint density at radius 2 is 1.65 bits per heavy atom. The van der Waals surface area contributed by atoms with Gasteiger partial charge in [0.25, 0.3) is 0 Å². The van der Waals surface area contributed by atoms with Crippen LogP contribution in [0.25, 0.3) is 10.9 Å². The lowest BCUT2D eigenvalue weighted by molar-refractivity contribution is 0.725. The number of hydrogen-bond acceptors (Lipinski definition) is 0. The first-order chi connectivity index (χ1) is 7.75. The van der Waals surface area contributed by atoms with E-state index in [9.17, 15) is 0 Å². The first-order valence-electron chi connectivity index (χ1n) is 6.30. The van der Waals surface area contributed by atoms with E-state index in [1.165, 1.54) is 10.9 Å². The summed E-state index contributed by atoms with van der Waals surface area (Å²) in [5.74, 6) is 0. The zero-order chi connectivity index (χ0) is 12.8. The van der Waals surface area contributed by atoms with Gasteiger partial charge in [0, 0.05) is 17.9 Å². The molecule has 0 N–H and O–H groups in total. The summed E-state index contributed by atoms with van der Waals surface area (Å²) in [6.45, 7) is 12.1. The van der Waals surface area contributed by atoms with Gasteiger partial charge < -0.3 is 4.57 Å². The number of nitrogens with zero attached hydrogens (tertiary/aromatic N) is 1. The van der Waals surface area contributed by atoms with Crippen LogP contribution in [-0.4, -0.2) is 12.6 Å². The number of para-hydroxylation sites is 1. The van der Waals surface area contributed by atoms with Crippen LogP contribution >= 0.6 is 0 Å². The number of aryl methyl sites for hydroxylation is 1. The molecule has 1 nitrogen and oxygen atoms in total. The molecule has 0 saturated carbocycles. The van der Waals surface area contributed by atoms with Crippen molar-refractivity contribution in [3.63, 3.8) is 0 Å². The summed E-state index contributed by atoms with van der Waals surface area (Å²) in [5, 5.41) is 3.30. The Kier molecular flexibility index (Phi) is 2.73. The molecule has 1 aromatic carbocycles. The van der Waals surface area contributed by atoms with E-state index in [1.807, 2.05) is 0 Å². The average molecular weight is 245 g/mol. The van der Waals surface area contributed by atoms with Gasteiger partial charge in [0.1, 0.15) is 8.07 Å². The molecule has 17 heavy (non-hydrogen) atoms. The van der Waals surface area contributed by atoms with Crippen molar-refractivity contribution in [3.05, 3.63) is 30.3 Å². The average Bonchev–Trinajstić information content (AvgIpc) is 2.56. The first kappa shape index (κ1) is 12.4. The third-order valence-electron chi connectivity index (χ3n) is 4.47. The molecule has 0 saturated heterocycles. The summed E-state index contributed by atoms with van der Waals surface area (Å²) in [4.78, 5) is 0. The summed E-state index contributed by atoms with van der Waals surface area (Å²) < 4.78 is 2.40. The highest BCUT2D eigenvalue weighted by Gasteiger charge is 2.39. The van der Waals surface area contributed by atoms with Crippen molar-refractivity contribution in [3.8, 4) is 0 Å². The van der Waals surface area contributed by atoms with E-state index in [0.717, 1.165) is 0 Å². The van der Waals surface area contributed by atoms with Crippen LogP contribution < -0.4 is 5.32 Å². The van der Waals surface area contributed by atoms with Crippen LogP contribution in [0.15, 0.2) is 30.3 Å². The number of aromatic nitrogens is 1. The van der Waals surface area contributed by atoms with Gasteiger partial charge in [-0.05, 0) is 22.6 Å². The molecular weight excluding hydrogens is 222 g/mol. The van der Waals surface area contributed by atoms with Crippen LogP contribution in [0, 0.1) is 0 Å². The van der Waals surface area contributed by atoms with E-state index in [4.69, 9.17) is 0 Å². The predicted octanol–water partition coefficient (Wildman–Crippen LogP) is 3.89. The molecular formula is C15H23NSi. The first-order valence-corrected chi connectivity index (χ1v) is 9.30. The van der Waals surface area contributed by atoms with E-state index in [2.05, 4.69) is 75.8 Å². The van der Waals surface area contributed by atoms with E-state index in [1.54, 1.807) is 5.32 Å². The fourth-order valence-corrected chi connectivity index (χ4v) is 4.52. The Bertz CT molecular complexity index is 544. The molecule has 0 atom stereocenters.